The first-order valence-electron chi connectivity index (χ1n) is 7.31. The third-order valence-corrected chi connectivity index (χ3v) is 4.38. The molecular weight excluding hydrogens is 286 g/mol. The van der Waals surface area contributed by atoms with E-state index >= 15 is 0 Å². The van der Waals surface area contributed by atoms with Crippen molar-refractivity contribution < 1.29 is 14.3 Å². The minimum absolute atomic E-state index is 0.271. The van der Waals surface area contributed by atoms with E-state index in [-0.39, 0.29) is 12.5 Å². The Bertz CT molecular complexity index is 488. The molecule has 1 unspecified atom stereocenters. The second-order valence-electron chi connectivity index (χ2n) is 5.99. The molecule has 0 spiro atoms. The summed E-state index contributed by atoms with van der Waals surface area (Å²) in [6, 6.07) is 4.08. The van der Waals surface area contributed by atoms with E-state index in [2.05, 4.69) is 18.3 Å². The lowest BCUT2D eigenvalue weighted by Gasteiger charge is -2.27. The fraction of sp³-hybridized carbons (Fsp3) is 0.625. The van der Waals surface area contributed by atoms with Gasteiger partial charge in [-0.3, -0.25) is 9.59 Å². The summed E-state index contributed by atoms with van der Waals surface area (Å²) in [6.07, 6.45) is 0.992. The molecule has 118 valence electrons. The van der Waals surface area contributed by atoms with Crippen molar-refractivity contribution in [2.75, 3.05) is 6.61 Å². The van der Waals surface area contributed by atoms with Crippen LogP contribution in [0, 0.1) is 11.3 Å². The van der Waals surface area contributed by atoms with Crippen LogP contribution in [0.15, 0.2) is 12.1 Å². The van der Waals surface area contributed by atoms with Crippen molar-refractivity contribution in [1.29, 1.82) is 0 Å². The average Bonchev–Trinajstić information content (AvgIpc) is 2.83. The topological polar surface area (TPSA) is 55.4 Å². The number of esters is 1. The molecule has 1 amide bonds. The molecule has 0 aliphatic rings. The molecule has 0 saturated heterocycles. The van der Waals surface area contributed by atoms with Gasteiger partial charge in [-0.05, 0) is 30.9 Å². The van der Waals surface area contributed by atoms with Gasteiger partial charge >= 0.3 is 5.97 Å². The van der Waals surface area contributed by atoms with Crippen LogP contribution in [-0.2, 0) is 27.3 Å². The van der Waals surface area contributed by atoms with Gasteiger partial charge in [0.15, 0.2) is 0 Å². The molecule has 0 aromatic carbocycles. The Kier molecular flexibility index (Phi) is 6.40. The van der Waals surface area contributed by atoms with Gasteiger partial charge in [0.25, 0.3) is 0 Å². The molecule has 0 saturated carbocycles. The third kappa shape index (κ3) is 5.16. The van der Waals surface area contributed by atoms with Crippen molar-refractivity contribution in [2.45, 2.75) is 47.6 Å². The minimum atomic E-state index is -0.789. The SMILES string of the molecule is CCOC(=O)C(C(=O)NCc1ccc(CC)s1)C(C)(C)C. The Morgan fingerprint density at radius 1 is 1.24 bits per heavy atom. The first kappa shape index (κ1) is 17.7. The number of amides is 1. The smallest absolute Gasteiger partial charge is 0.319 e. The maximum Gasteiger partial charge on any atom is 0.319 e. The van der Waals surface area contributed by atoms with Gasteiger partial charge in [-0.15, -0.1) is 11.3 Å². The Morgan fingerprint density at radius 2 is 1.86 bits per heavy atom. The second-order valence-corrected chi connectivity index (χ2v) is 7.24. The highest BCUT2D eigenvalue weighted by atomic mass is 32.1. The summed E-state index contributed by atoms with van der Waals surface area (Å²) in [6.45, 7) is 10.2. The number of nitrogens with one attached hydrogen (secondary N) is 1. The maximum atomic E-state index is 12.3. The third-order valence-electron chi connectivity index (χ3n) is 3.15. The molecule has 1 heterocycles. The van der Waals surface area contributed by atoms with Gasteiger partial charge in [-0.1, -0.05) is 27.7 Å². The van der Waals surface area contributed by atoms with E-state index in [0.717, 1.165) is 11.3 Å². The molecule has 1 atom stereocenters. The number of hydrogen-bond acceptors (Lipinski definition) is 4. The number of carbonyl (C=O) groups is 2. The standard InChI is InChI=1S/C16H25NO3S/c1-6-11-8-9-12(21-11)10-17-14(18)13(16(3,4)5)15(19)20-7-2/h8-9,13H,6-7,10H2,1-5H3,(H,17,18). The van der Waals surface area contributed by atoms with Gasteiger partial charge < -0.3 is 10.1 Å². The lowest BCUT2D eigenvalue weighted by atomic mass is 9.80. The maximum absolute atomic E-state index is 12.3. The van der Waals surface area contributed by atoms with Crippen LogP contribution in [0.5, 0.6) is 0 Å². The zero-order valence-corrected chi connectivity index (χ0v) is 14.3. The Hall–Kier alpha value is -1.36. The molecular formula is C16H25NO3S. The van der Waals surface area contributed by atoms with Gasteiger partial charge in [-0.25, -0.2) is 0 Å². The largest absolute Gasteiger partial charge is 0.465 e. The molecule has 0 aliphatic carbocycles. The molecule has 5 heteroatoms. The summed E-state index contributed by atoms with van der Waals surface area (Å²) >= 11 is 1.68. The Morgan fingerprint density at radius 3 is 2.33 bits per heavy atom. The van der Waals surface area contributed by atoms with Crippen LogP contribution in [0.1, 0.15) is 44.4 Å². The molecule has 0 aliphatic heterocycles. The molecule has 0 fully saturated rings. The molecule has 1 rings (SSSR count). The summed E-state index contributed by atoms with van der Waals surface area (Å²) in [4.78, 5) is 26.7. The van der Waals surface area contributed by atoms with Crippen molar-refractivity contribution in [3.63, 3.8) is 0 Å². The van der Waals surface area contributed by atoms with Crippen molar-refractivity contribution >= 4 is 23.2 Å². The van der Waals surface area contributed by atoms with Crippen molar-refractivity contribution in [3.8, 4) is 0 Å². The highest BCUT2D eigenvalue weighted by Gasteiger charge is 2.38. The van der Waals surface area contributed by atoms with Crippen molar-refractivity contribution in [3.05, 3.63) is 21.9 Å². The van der Waals surface area contributed by atoms with E-state index in [1.165, 1.54) is 4.88 Å². The van der Waals surface area contributed by atoms with E-state index in [1.54, 1.807) is 18.3 Å². The van der Waals surface area contributed by atoms with Crippen LogP contribution in [0.3, 0.4) is 0 Å². The molecule has 1 aromatic rings. The van der Waals surface area contributed by atoms with Crippen LogP contribution in [0.4, 0.5) is 0 Å². The van der Waals surface area contributed by atoms with E-state index in [4.69, 9.17) is 4.74 Å². The Balaban J connectivity index is 2.70. The summed E-state index contributed by atoms with van der Waals surface area (Å²) in [5.74, 6) is -1.52. The van der Waals surface area contributed by atoms with Crippen LogP contribution in [0.2, 0.25) is 0 Å². The first-order chi connectivity index (χ1) is 9.79. The number of aryl methyl sites for hydroxylation is 1. The number of hydrogen-bond donors (Lipinski definition) is 1. The normalized spacial score (nSPS) is 12.8. The molecule has 1 N–H and O–H groups in total. The van der Waals surface area contributed by atoms with E-state index in [9.17, 15) is 9.59 Å². The lowest BCUT2D eigenvalue weighted by Crippen LogP contribution is -2.43. The predicted octanol–water partition coefficient (Wildman–Crippen LogP) is 3.15. The average molecular weight is 311 g/mol. The van der Waals surface area contributed by atoms with Crippen molar-refractivity contribution in [2.24, 2.45) is 11.3 Å². The molecule has 0 bridgehead atoms. The van der Waals surface area contributed by atoms with Crippen molar-refractivity contribution in [1.82, 2.24) is 5.32 Å². The number of carbonyl (C=O) groups excluding carboxylic acids is 2. The summed E-state index contributed by atoms with van der Waals surface area (Å²) < 4.78 is 5.03. The summed E-state index contributed by atoms with van der Waals surface area (Å²) in [5.41, 5.74) is -0.472. The summed E-state index contributed by atoms with van der Waals surface area (Å²) in [5, 5.41) is 2.85. The fourth-order valence-corrected chi connectivity index (χ4v) is 2.96. The van der Waals surface area contributed by atoms with E-state index in [1.807, 2.05) is 26.8 Å². The highest BCUT2D eigenvalue weighted by Crippen LogP contribution is 2.27. The van der Waals surface area contributed by atoms with Gasteiger partial charge in [0.05, 0.1) is 13.2 Å². The number of rotatable bonds is 6. The van der Waals surface area contributed by atoms with E-state index in [0.29, 0.717) is 6.54 Å². The zero-order chi connectivity index (χ0) is 16.0. The Labute approximate surface area is 130 Å². The van der Waals surface area contributed by atoms with Gasteiger partial charge in [0, 0.05) is 9.75 Å². The van der Waals surface area contributed by atoms with Crippen LogP contribution >= 0.6 is 11.3 Å². The van der Waals surface area contributed by atoms with Gasteiger partial charge in [0.1, 0.15) is 5.92 Å². The quantitative estimate of drug-likeness (QED) is 0.648. The minimum Gasteiger partial charge on any atom is -0.465 e. The van der Waals surface area contributed by atoms with E-state index < -0.39 is 17.3 Å². The van der Waals surface area contributed by atoms with Crippen LogP contribution in [-0.4, -0.2) is 18.5 Å². The molecule has 4 nitrogen and oxygen atoms in total. The number of ether oxygens (including phenoxy) is 1. The molecule has 0 radical (unpaired) electrons. The van der Waals surface area contributed by atoms with Gasteiger partial charge in [0.2, 0.25) is 5.91 Å². The zero-order valence-electron chi connectivity index (χ0n) is 13.5. The first-order valence-corrected chi connectivity index (χ1v) is 8.13. The monoisotopic (exact) mass is 311 g/mol. The molecule has 1 aromatic heterocycles. The fourth-order valence-electron chi connectivity index (χ4n) is 2.06. The number of thiophene rings is 1. The molecule has 21 heavy (non-hydrogen) atoms. The predicted molar refractivity (Wildman–Crippen MR) is 85.1 cm³/mol. The summed E-state index contributed by atoms with van der Waals surface area (Å²) in [7, 11) is 0. The highest BCUT2D eigenvalue weighted by molar-refractivity contribution is 7.11. The van der Waals surface area contributed by atoms with Crippen LogP contribution < -0.4 is 5.32 Å². The lowest BCUT2D eigenvalue weighted by molar-refractivity contribution is -0.156. The van der Waals surface area contributed by atoms with Crippen LogP contribution in [0.25, 0.3) is 0 Å². The van der Waals surface area contributed by atoms with Gasteiger partial charge in [-0.2, -0.15) is 0 Å². The second kappa shape index (κ2) is 7.59.